The number of nitrogens with zero attached hydrogens (tertiary/aromatic N) is 2. The van der Waals surface area contributed by atoms with Crippen molar-refractivity contribution in [3.05, 3.63) is 30.2 Å². The molecule has 2 rings (SSSR count). The Labute approximate surface area is 118 Å². The summed E-state index contributed by atoms with van der Waals surface area (Å²) >= 11 is 0. The Hall–Kier alpha value is -2.29. The normalized spacial score (nSPS) is 11.4. The zero-order chi connectivity index (χ0) is 15.3. The molecule has 0 spiro atoms. The van der Waals surface area contributed by atoms with Crippen molar-refractivity contribution in [2.24, 2.45) is 0 Å². The highest BCUT2D eigenvalue weighted by atomic mass is 19.4. The Morgan fingerprint density at radius 2 is 1.90 bits per heavy atom. The predicted octanol–water partition coefficient (Wildman–Crippen LogP) is 2.82. The van der Waals surface area contributed by atoms with Crippen LogP contribution in [0.2, 0.25) is 0 Å². The molecule has 114 valence electrons. The average Bonchev–Trinajstić information content (AvgIpc) is 2.85. The van der Waals surface area contributed by atoms with Crippen molar-refractivity contribution in [3.8, 4) is 5.75 Å². The third-order valence-electron chi connectivity index (χ3n) is 2.33. The lowest BCUT2D eigenvalue weighted by atomic mass is 10.3. The number of benzene rings is 1. The van der Waals surface area contributed by atoms with E-state index < -0.39 is 6.36 Å². The number of aromatic nitrogens is 2. The van der Waals surface area contributed by atoms with Gasteiger partial charge in [-0.2, -0.15) is 0 Å². The molecule has 0 aliphatic heterocycles. The van der Waals surface area contributed by atoms with Crippen molar-refractivity contribution in [2.75, 3.05) is 11.9 Å². The summed E-state index contributed by atoms with van der Waals surface area (Å²) in [5.41, 5.74) is 0.503. The highest BCUT2D eigenvalue weighted by Gasteiger charge is 2.30. The summed E-state index contributed by atoms with van der Waals surface area (Å²) in [6.07, 6.45) is -4.71. The van der Waals surface area contributed by atoms with Crippen molar-refractivity contribution in [1.29, 1.82) is 0 Å². The lowest BCUT2D eigenvalue weighted by molar-refractivity contribution is -0.274. The summed E-state index contributed by atoms with van der Waals surface area (Å²) < 4.78 is 45.1. The summed E-state index contributed by atoms with van der Waals surface area (Å²) in [7, 11) is 0. The quantitative estimate of drug-likeness (QED) is 0.855. The molecule has 0 aliphatic rings. The first-order valence-electron chi connectivity index (χ1n) is 6.12. The molecule has 0 atom stereocenters. The van der Waals surface area contributed by atoms with Crippen LogP contribution < -0.4 is 15.4 Å². The Bertz CT molecular complexity index is 569. The minimum atomic E-state index is -4.71. The van der Waals surface area contributed by atoms with Gasteiger partial charge in [-0.3, -0.25) is 0 Å². The minimum Gasteiger partial charge on any atom is -0.406 e. The van der Waals surface area contributed by atoms with Gasteiger partial charge in [-0.1, -0.05) is 12.0 Å². The molecule has 9 heteroatoms. The van der Waals surface area contributed by atoms with E-state index in [9.17, 15) is 13.2 Å². The molecule has 21 heavy (non-hydrogen) atoms. The SMILES string of the molecule is CCNCc1nnc(Nc2ccc(OC(F)(F)F)cc2)o1. The molecule has 0 bridgehead atoms. The number of anilines is 2. The first-order valence-corrected chi connectivity index (χ1v) is 6.12. The summed E-state index contributed by atoms with van der Waals surface area (Å²) in [5.74, 6) is 0.114. The second kappa shape index (κ2) is 6.44. The van der Waals surface area contributed by atoms with E-state index in [1.54, 1.807) is 0 Å². The fourth-order valence-electron chi connectivity index (χ4n) is 1.47. The fraction of sp³-hybridized carbons (Fsp3) is 0.333. The van der Waals surface area contributed by atoms with Gasteiger partial charge in [-0.25, -0.2) is 0 Å². The topological polar surface area (TPSA) is 72.2 Å². The molecule has 6 nitrogen and oxygen atoms in total. The van der Waals surface area contributed by atoms with Gasteiger partial charge in [0.15, 0.2) is 0 Å². The highest BCUT2D eigenvalue weighted by Crippen LogP contribution is 2.25. The smallest absolute Gasteiger partial charge is 0.406 e. The van der Waals surface area contributed by atoms with Crippen LogP contribution >= 0.6 is 0 Å². The van der Waals surface area contributed by atoms with Crippen LogP contribution in [0.15, 0.2) is 28.7 Å². The van der Waals surface area contributed by atoms with Crippen molar-refractivity contribution in [2.45, 2.75) is 19.8 Å². The lowest BCUT2D eigenvalue weighted by Crippen LogP contribution is -2.16. The van der Waals surface area contributed by atoms with Crippen molar-refractivity contribution >= 4 is 11.7 Å². The number of hydrogen-bond donors (Lipinski definition) is 2. The maximum absolute atomic E-state index is 12.0. The minimum absolute atomic E-state index is 0.160. The van der Waals surface area contributed by atoms with E-state index in [4.69, 9.17) is 4.42 Å². The van der Waals surface area contributed by atoms with Gasteiger partial charge in [0.25, 0.3) is 0 Å². The Kier molecular flexibility index (Phi) is 4.63. The number of hydrogen-bond acceptors (Lipinski definition) is 6. The molecule has 0 saturated carbocycles. The van der Waals surface area contributed by atoms with Gasteiger partial charge in [-0.15, -0.1) is 18.3 Å². The molecule has 0 unspecified atom stereocenters. The standard InChI is InChI=1S/C12H13F3N4O2/c1-2-16-7-10-18-19-11(20-10)17-8-3-5-9(6-4-8)21-12(13,14)15/h3-6,16H,2,7H2,1H3,(H,17,19). The second-order valence-electron chi connectivity index (χ2n) is 3.98. The first-order chi connectivity index (χ1) is 9.96. The molecular weight excluding hydrogens is 289 g/mol. The molecule has 1 aromatic heterocycles. The molecule has 0 radical (unpaired) electrons. The summed E-state index contributed by atoms with van der Waals surface area (Å²) in [6, 6.07) is 5.36. The third-order valence-corrected chi connectivity index (χ3v) is 2.33. The zero-order valence-corrected chi connectivity index (χ0v) is 11.1. The monoisotopic (exact) mass is 302 g/mol. The van der Waals surface area contributed by atoms with Crippen molar-refractivity contribution in [1.82, 2.24) is 15.5 Å². The maximum Gasteiger partial charge on any atom is 0.573 e. The second-order valence-corrected chi connectivity index (χ2v) is 3.98. The van der Waals surface area contributed by atoms with Gasteiger partial charge in [0.1, 0.15) is 5.75 Å². The van der Waals surface area contributed by atoms with Crippen molar-refractivity contribution in [3.63, 3.8) is 0 Å². The molecule has 0 saturated heterocycles. The van der Waals surface area contributed by atoms with E-state index in [-0.39, 0.29) is 11.8 Å². The van der Waals surface area contributed by atoms with Crippen molar-refractivity contribution < 1.29 is 22.3 Å². The van der Waals surface area contributed by atoms with Gasteiger partial charge in [0, 0.05) is 5.69 Å². The van der Waals surface area contributed by atoms with E-state index in [2.05, 4.69) is 25.6 Å². The van der Waals surface area contributed by atoms with Crippen LogP contribution in [-0.4, -0.2) is 23.1 Å². The largest absolute Gasteiger partial charge is 0.573 e. The van der Waals surface area contributed by atoms with Crippen LogP contribution in [0.1, 0.15) is 12.8 Å². The maximum atomic E-state index is 12.0. The molecule has 2 N–H and O–H groups in total. The van der Waals surface area contributed by atoms with Crippen LogP contribution in [0.3, 0.4) is 0 Å². The van der Waals surface area contributed by atoms with Gasteiger partial charge >= 0.3 is 12.4 Å². The molecule has 1 aromatic carbocycles. The number of nitrogens with one attached hydrogen (secondary N) is 2. The Morgan fingerprint density at radius 3 is 2.52 bits per heavy atom. The lowest BCUT2D eigenvalue weighted by Gasteiger charge is -2.09. The van der Waals surface area contributed by atoms with Gasteiger partial charge in [0.05, 0.1) is 6.54 Å². The summed E-state index contributed by atoms with van der Waals surface area (Å²) in [5, 5.41) is 13.4. The first kappa shape index (κ1) is 15.1. The van der Waals surface area contributed by atoms with E-state index in [0.717, 1.165) is 6.54 Å². The highest BCUT2D eigenvalue weighted by molar-refractivity contribution is 5.53. The van der Waals surface area contributed by atoms with Gasteiger partial charge in [0.2, 0.25) is 5.89 Å². The van der Waals surface area contributed by atoms with Crippen LogP contribution in [0, 0.1) is 0 Å². The summed E-state index contributed by atoms with van der Waals surface area (Å²) in [6.45, 7) is 3.16. The molecule has 2 aromatic rings. The number of ether oxygens (including phenoxy) is 1. The van der Waals surface area contributed by atoms with Crippen LogP contribution in [0.25, 0.3) is 0 Å². The molecule has 0 amide bonds. The van der Waals surface area contributed by atoms with E-state index in [1.807, 2.05) is 6.92 Å². The zero-order valence-electron chi connectivity index (χ0n) is 11.1. The predicted molar refractivity (Wildman–Crippen MR) is 68.1 cm³/mol. The molecule has 0 aliphatic carbocycles. The molecule has 1 heterocycles. The fourth-order valence-corrected chi connectivity index (χ4v) is 1.47. The van der Waals surface area contributed by atoms with E-state index in [0.29, 0.717) is 18.1 Å². The van der Waals surface area contributed by atoms with Gasteiger partial charge in [-0.05, 0) is 30.8 Å². The Morgan fingerprint density at radius 1 is 1.19 bits per heavy atom. The Balaban J connectivity index is 1.95. The van der Waals surface area contributed by atoms with Crippen LogP contribution in [0.5, 0.6) is 5.75 Å². The van der Waals surface area contributed by atoms with E-state index >= 15 is 0 Å². The number of halogens is 3. The van der Waals surface area contributed by atoms with Gasteiger partial charge < -0.3 is 19.8 Å². The average molecular weight is 302 g/mol. The summed E-state index contributed by atoms with van der Waals surface area (Å²) in [4.78, 5) is 0. The molecular formula is C12H13F3N4O2. The van der Waals surface area contributed by atoms with Crippen LogP contribution in [-0.2, 0) is 6.54 Å². The van der Waals surface area contributed by atoms with Crippen LogP contribution in [0.4, 0.5) is 24.9 Å². The number of alkyl halides is 3. The number of rotatable bonds is 6. The van der Waals surface area contributed by atoms with E-state index in [1.165, 1.54) is 24.3 Å². The molecule has 0 fully saturated rings. The third kappa shape index (κ3) is 4.95.